The Labute approximate surface area is 94.0 Å². The first-order chi connectivity index (χ1) is 7.69. The van der Waals surface area contributed by atoms with Crippen LogP contribution in [-0.4, -0.2) is 15.9 Å². The van der Waals surface area contributed by atoms with E-state index in [1.807, 2.05) is 6.92 Å². The van der Waals surface area contributed by atoms with Gasteiger partial charge in [-0.15, -0.1) is 6.42 Å². The lowest BCUT2D eigenvalue weighted by Gasteiger charge is -2.12. The summed E-state index contributed by atoms with van der Waals surface area (Å²) in [6, 6.07) is 2.70. The highest BCUT2D eigenvalue weighted by molar-refractivity contribution is 5.56. The SMILES string of the molecule is C#CC(CCC)Nc1ncccc1[N+](=O)[O-]. The average molecular weight is 219 g/mol. The second-order valence-electron chi connectivity index (χ2n) is 3.28. The summed E-state index contributed by atoms with van der Waals surface area (Å²) in [5.41, 5.74) is -0.0566. The fourth-order valence-corrected chi connectivity index (χ4v) is 1.31. The van der Waals surface area contributed by atoms with Crippen LogP contribution in [0.15, 0.2) is 18.3 Å². The summed E-state index contributed by atoms with van der Waals surface area (Å²) in [4.78, 5) is 14.2. The maximum atomic E-state index is 10.7. The number of nitro groups is 1. The van der Waals surface area contributed by atoms with Crippen LogP contribution >= 0.6 is 0 Å². The van der Waals surface area contributed by atoms with Crippen LogP contribution in [0.3, 0.4) is 0 Å². The van der Waals surface area contributed by atoms with Crippen molar-refractivity contribution in [1.82, 2.24) is 4.98 Å². The molecule has 0 aromatic carbocycles. The maximum Gasteiger partial charge on any atom is 0.311 e. The molecule has 1 unspecified atom stereocenters. The largest absolute Gasteiger partial charge is 0.351 e. The zero-order valence-electron chi connectivity index (χ0n) is 9.01. The van der Waals surface area contributed by atoms with E-state index >= 15 is 0 Å². The molecule has 0 spiro atoms. The first kappa shape index (κ1) is 12.0. The minimum Gasteiger partial charge on any atom is -0.351 e. The number of aromatic nitrogens is 1. The van der Waals surface area contributed by atoms with E-state index in [-0.39, 0.29) is 17.5 Å². The van der Waals surface area contributed by atoms with Gasteiger partial charge in [-0.2, -0.15) is 0 Å². The van der Waals surface area contributed by atoms with E-state index in [1.165, 1.54) is 18.3 Å². The smallest absolute Gasteiger partial charge is 0.311 e. The zero-order valence-corrected chi connectivity index (χ0v) is 9.01. The second kappa shape index (κ2) is 5.71. The van der Waals surface area contributed by atoms with Crippen molar-refractivity contribution in [2.75, 3.05) is 5.32 Å². The average Bonchev–Trinajstić information content (AvgIpc) is 2.29. The van der Waals surface area contributed by atoms with Gasteiger partial charge in [0.1, 0.15) is 0 Å². The molecule has 0 saturated carbocycles. The molecular formula is C11H13N3O2. The monoisotopic (exact) mass is 219 g/mol. The number of anilines is 1. The third-order valence-corrected chi connectivity index (χ3v) is 2.07. The first-order valence-electron chi connectivity index (χ1n) is 5.01. The van der Waals surface area contributed by atoms with E-state index in [9.17, 15) is 10.1 Å². The van der Waals surface area contributed by atoms with Crippen LogP contribution in [0, 0.1) is 22.5 Å². The van der Waals surface area contributed by atoms with Crippen molar-refractivity contribution in [3.63, 3.8) is 0 Å². The molecule has 84 valence electrons. The van der Waals surface area contributed by atoms with E-state index in [1.54, 1.807) is 0 Å². The van der Waals surface area contributed by atoms with Gasteiger partial charge in [0.2, 0.25) is 5.82 Å². The molecule has 1 N–H and O–H groups in total. The Morgan fingerprint density at radius 2 is 2.50 bits per heavy atom. The molecule has 0 radical (unpaired) electrons. The Balaban J connectivity index is 2.88. The lowest BCUT2D eigenvalue weighted by molar-refractivity contribution is -0.384. The molecule has 0 aliphatic heterocycles. The first-order valence-corrected chi connectivity index (χ1v) is 5.01. The molecule has 0 bridgehead atoms. The molecule has 5 nitrogen and oxygen atoms in total. The van der Waals surface area contributed by atoms with Gasteiger partial charge < -0.3 is 5.32 Å². The molecule has 0 aliphatic rings. The van der Waals surface area contributed by atoms with Crippen molar-refractivity contribution in [2.45, 2.75) is 25.8 Å². The quantitative estimate of drug-likeness (QED) is 0.468. The summed E-state index contributed by atoms with van der Waals surface area (Å²) in [6.07, 6.45) is 8.48. The number of rotatable bonds is 5. The third kappa shape index (κ3) is 2.95. The number of pyridine rings is 1. The molecule has 1 heterocycles. The summed E-state index contributed by atoms with van der Waals surface area (Å²) in [6.45, 7) is 2.00. The third-order valence-electron chi connectivity index (χ3n) is 2.07. The van der Waals surface area contributed by atoms with Gasteiger partial charge in [0.05, 0.1) is 11.0 Å². The molecule has 1 aromatic heterocycles. The highest BCUT2D eigenvalue weighted by atomic mass is 16.6. The summed E-state index contributed by atoms with van der Waals surface area (Å²) in [5.74, 6) is 2.77. The number of terminal acetylenes is 1. The molecule has 5 heteroatoms. The highest BCUT2D eigenvalue weighted by Crippen LogP contribution is 2.21. The van der Waals surface area contributed by atoms with Crippen LogP contribution in [0.2, 0.25) is 0 Å². The summed E-state index contributed by atoms with van der Waals surface area (Å²) in [5, 5.41) is 13.6. The Bertz CT molecular complexity index is 412. The Kier molecular flexibility index (Phi) is 4.28. The van der Waals surface area contributed by atoms with E-state index in [4.69, 9.17) is 6.42 Å². The Morgan fingerprint density at radius 1 is 1.75 bits per heavy atom. The van der Waals surface area contributed by atoms with Gasteiger partial charge in [0.15, 0.2) is 0 Å². The van der Waals surface area contributed by atoms with E-state index in [0.29, 0.717) is 0 Å². The van der Waals surface area contributed by atoms with Crippen molar-refractivity contribution >= 4 is 11.5 Å². The van der Waals surface area contributed by atoms with Crippen LogP contribution in [-0.2, 0) is 0 Å². The van der Waals surface area contributed by atoms with Gasteiger partial charge in [0.25, 0.3) is 0 Å². The van der Waals surface area contributed by atoms with Gasteiger partial charge in [-0.05, 0) is 12.5 Å². The van der Waals surface area contributed by atoms with Crippen LogP contribution < -0.4 is 5.32 Å². The molecule has 0 saturated heterocycles. The molecule has 0 aliphatic carbocycles. The summed E-state index contributed by atoms with van der Waals surface area (Å²) >= 11 is 0. The summed E-state index contributed by atoms with van der Waals surface area (Å²) < 4.78 is 0. The van der Waals surface area contributed by atoms with Gasteiger partial charge in [0, 0.05) is 12.3 Å². The fourth-order valence-electron chi connectivity index (χ4n) is 1.31. The molecule has 16 heavy (non-hydrogen) atoms. The van der Waals surface area contributed by atoms with Crippen LogP contribution in [0.25, 0.3) is 0 Å². The minimum absolute atomic E-state index is 0.0566. The topological polar surface area (TPSA) is 68.1 Å². The van der Waals surface area contributed by atoms with Crippen LogP contribution in [0.5, 0.6) is 0 Å². The van der Waals surface area contributed by atoms with Crippen molar-refractivity contribution < 1.29 is 4.92 Å². The molecule has 0 amide bonds. The number of nitrogens with one attached hydrogen (secondary N) is 1. The lowest BCUT2D eigenvalue weighted by Crippen LogP contribution is -2.18. The van der Waals surface area contributed by atoms with Crippen LogP contribution in [0.4, 0.5) is 11.5 Å². The van der Waals surface area contributed by atoms with Crippen molar-refractivity contribution in [3.8, 4) is 12.3 Å². The fraction of sp³-hybridized carbons (Fsp3) is 0.364. The molecule has 0 fully saturated rings. The lowest BCUT2D eigenvalue weighted by atomic mass is 10.2. The van der Waals surface area contributed by atoms with Crippen molar-refractivity contribution in [1.29, 1.82) is 0 Å². The molecular weight excluding hydrogens is 206 g/mol. The van der Waals surface area contributed by atoms with Crippen molar-refractivity contribution in [3.05, 3.63) is 28.4 Å². The zero-order chi connectivity index (χ0) is 12.0. The van der Waals surface area contributed by atoms with Gasteiger partial charge in [-0.3, -0.25) is 10.1 Å². The number of hydrogen-bond acceptors (Lipinski definition) is 4. The predicted molar refractivity (Wildman–Crippen MR) is 62.0 cm³/mol. The predicted octanol–water partition coefficient (Wildman–Crippen LogP) is 2.20. The van der Waals surface area contributed by atoms with E-state index in [0.717, 1.165) is 12.8 Å². The molecule has 1 rings (SSSR count). The van der Waals surface area contributed by atoms with Gasteiger partial charge >= 0.3 is 5.69 Å². The normalized spacial score (nSPS) is 11.5. The Morgan fingerprint density at radius 3 is 3.06 bits per heavy atom. The van der Waals surface area contributed by atoms with Gasteiger partial charge in [-0.1, -0.05) is 19.3 Å². The van der Waals surface area contributed by atoms with Gasteiger partial charge in [-0.25, -0.2) is 4.98 Å². The van der Waals surface area contributed by atoms with Crippen molar-refractivity contribution in [2.24, 2.45) is 0 Å². The number of nitrogens with zero attached hydrogens (tertiary/aromatic N) is 2. The molecule has 1 atom stereocenters. The molecule has 1 aromatic rings. The second-order valence-corrected chi connectivity index (χ2v) is 3.28. The maximum absolute atomic E-state index is 10.7. The summed E-state index contributed by atoms with van der Waals surface area (Å²) in [7, 11) is 0. The minimum atomic E-state index is -0.477. The number of hydrogen-bond donors (Lipinski definition) is 1. The highest BCUT2D eigenvalue weighted by Gasteiger charge is 2.16. The van der Waals surface area contributed by atoms with E-state index in [2.05, 4.69) is 16.2 Å². The Hall–Kier alpha value is -2.09. The standard InChI is InChI=1S/C11H13N3O2/c1-3-6-9(4-2)13-11-10(14(15)16)7-5-8-12-11/h2,5,7-9H,3,6H2,1H3,(H,12,13). The van der Waals surface area contributed by atoms with Crippen LogP contribution in [0.1, 0.15) is 19.8 Å². The van der Waals surface area contributed by atoms with E-state index < -0.39 is 4.92 Å².